The second kappa shape index (κ2) is 7.00. The number of benzene rings is 1. The van der Waals surface area contributed by atoms with Crippen molar-refractivity contribution in [3.8, 4) is 0 Å². The molecule has 118 valence electrons. The summed E-state index contributed by atoms with van der Waals surface area (Å²) >= 11 is 0. The average Bonchev–Trinajstić information content (AvgIpc) is 2.35. The number of halogens is 1. The molecule has 2 N–H and O–H groups in total. The van der Waals surface area contributed by atoms with Crippen LogP contribution in [-0.2, 0) is 14.8 Å². The fourth-order valence-electron chi connectivity index (χ4n) is 1.76. The fraction of sp³-hybridized carbons (Fsp3) is 0.500. The molecule has 0 aromatic heterocycles. The van der Waals surface area contributed by atoms with Crippen molar-refractivity contribution >= 4 is 15.9 Å². The third kappa shape index (κ3) is 4.78. The summed E-state index contributed by atoms with van der Waals surface area (Å²) in [4.78, 5) is 11.6. The molecule has 0 bridgehead atoms. The highest BCUT2D eigenvalue weighted by Crippen LogP contribution is 2.15. The molecule has 0 saturated carbocycles. The van der Waals surface area contributed by atoms with Gasteiger partial charge in [0.2, 0.25) is 15.9 Å². The first-order valence-corrected chi connectivity index (χ1v) is 8.20. The van der Waals surface area contributed by atoms with Crippen LogP contribution >= 0.6 is 0 Å². The Balaban J connectivity index is 3.04. The topological polar surface area (TPSA) is 75.3 Å². The van der Waals surface area contributed by atoms with Crippen LogP contribution in [0, 0.1) is 11.7 Å². The van der Waals surface area contributed by atoms with Crippen molar-refractivity contribution in [1.82, 2.24) is 10.0 Å². The SMILES string of the molecule is CC(C)NC(=O)C(NS(=O)(=O)c1ccccc1F)C(C)C. The average molecular weight is 316 g/mol. The van der Waals surface area contributed by atoms with E-state index in [-0.39, 0.29) is 12.0 Å². The standard InChI is InChI=1S/C14H21FN2O3S/c1-9(2)13(14(18)16-10(3)4)17-21(19,20)12-8-6-5-7-11(12)15/h5-10,13,17H,1-4H3,(H,16,18). The van der Waals surface area contributed by atoms with Gasteiger partial charge in [0.25, 0.3) is 0 Å². The Hall–Kier alpha value is -1.47. The van der Waals surface area contributed by atoms with Gasteiger partial charge >= 0.3 is 0 Å². The van der Waals surface area contributed by atoms with Crippen LogP contribution in [0.4, 0.5) is 4.39 Å². The lowest BCUT2D eigenvalue weighted by Gasteiger charge is -2.23. The lowest BCUT2D eigenvalue weighted by Crippen LogP contribution is -2.51. The molecule has 0 aliphatic heterocycles. The van der Waals surface area contributed by atoms with E-state index in [4.69, 9.17) is 0 Å². The Morgan fingerprint density at radius 2 is 1.71 bits per heavy atom. The molecule has 0 saturated heterocycles. The summed E-state index contributed by atoms with van der Waals surface area (Å²) < 4.78 is 40.4. The van der Waals surface area contributed by atoms with Crippen molar-refractivity contribution in [2.75, 3.05) is 0 Å². The maximum atomic E-state index is 13.6. The second-order valence-corrected chi connectivity index (χ2v) is 7.12. The number of rotatable bonds is 6. The van der Waals surface area contributed by atoms with Crippen LogP contribution in [0.5, 0.6) is 0 Å². The molecule has 0 radical (unpaired) electrons. The van der Waals surface area contributed by atoms with Crippen LogP contribution in [0.3, 0.4) is 0 Å². The van der Waals surface area contributed by atoms with E-state index in [1.807, 2.05) is 0 Å². The summed E-state index contributed by atoms with van der Waals surface area (Å²) in [5.41, 5.74) is 0. The Bertz CT molecular complexity index is 600. The van der Waals surface area contributed by atoms with Crippen molar-refractivity contribution < 1.29 is 17.6 Å². The summed E-state index contributed by atoms with van der Waals surface area (Å²) in [6.07, 6.45) is 0. The lowest BCUT2D eigenvalue weighted by atomic mass is 10.0. The van der Waals surface area contributed by atoms with Crippen molar-refractivity contribution in [3.05, 3.63) is 30.1 Å². The molecule has 0 aliphatic carbocycles. The van der Waals surface area contributed by atoms with E-state index in [9.17, 15) is 17.6 Å². The third-order valence-corrected chi connectivity index (χ3v) is 4.26. The molecule has 1 amide bonds. The number of hydrogen-bond acceptors (Lipinski definition) is 3. The van der Waals surface area contributed by atoms with Crippen LogP contribution in [0.25, 0.3) is 0 Å². The van der Waals surface area contributed by atoms with Crippen molar-refractivity contribution in [2.45, 2.75) is 44.7 Å². The largest absolute Gasteiger partial charge is 0.353 e. The van der Waals surface area contributed by atoms with Gasteiger partial charge in [-0.3, -0.25) is 4.79 Å². The number of amides is 1. The Labute approximate surface area is 125 Å². The Kier molecular flexibility index (Phi) is 5.86. The zero-order valence-corrected chi connectivity index (χ0v) is 13.4. The van der Waals surface area contributed by atoms with E-state index < -0.39 is 32.7 Å². The maximum absolute atomic E-state index is 13.6. The highest BCUT2D eigenvalue weighted by atomic mass is 32.2. The second-order valence-electron chi connectivity index (χ2n) is 5.44. The summed E-state index contributed by atoms with van der Waals surface area (Å²) in [6.45, 7) is 6.99. The van der Waals surface area contributed by atoms with Crippen molar-refractivity contribution in [2.24, 2.45) is 5.92 Å². The van der Waals surface area contributed by atoms with Gasteiger partial charge in [-0.1, -0.05) is 26.0 Å². The van der Waals surface area contributed by atoms with Gasteiger partial charge in [0.1, 0.15) is 16.8 Å². The lowest BCUT2D eigenvalue weighted by molar-refractivity contribution is -0.124. The molecule has 21 heavy (non-hydrogen) atoms. The number of nitrogens with one attached hydrogen (secondary N) is 2. The molecular formula is C14H21FN2O3S. The number of carbonyl (C=O) groups is 1. The molecule has 1 rings (SSSR count). The van der Waals surface area contributed by atoms with E-state index in [0.717, 1.165) is 12.1 Å². The van der Waals surface area contributed by atoms with Gasteiger partial charge in [-0.15, -0.1) is 0 Å². The Morgan fingerprint density at radius 1 is 1.14 bits per heavy atom. The van der Waals surface area contributed by atoms with Crippen LogP contribution in [0.1, 0.15) is 27.7 Å². The van der Waals surface area contributed by atoms with E-state index in [0.29, 0.717) is 0 Å². The monoisotopic (exact) mass is 316 g/mol. The van der Waals surface area contributed by atoms with Crippen LogP contribution < -0.4 is 10.0 Å². The number of carbonyl (C=O) groups excluding carboxylic acids is 1. The van der Waals surface area contributed by atoms with E-state index in [2.05, 4.69) is 10.0 Å². The molecule has 1 unspecified atom stereocenters. The molecule has 7 heteroatoms. The van der Waals surface area contributed by atoms with Gasteiger partial charge in [-0.25, -0.2) is 12.8 Å². The summed E-state index contributed by atoms with van der Waals surface area (Å²) in [5.74, 6) is -1.55. The van der Waals surface area contributed by atoms with Gasteiger partial charge in [-0.05, 0) is 31.9 Å². The summed E-state index contributed by atoms with van der Waals surface area (Å²) in [5, 5.41) is 2.65. The zero-order valence-electron chi connectivity index (χ0n) is 12.6. The van der Waals surface area contributed by atoms with E-state index in [1.165, 1.54) is 12.1 Å². The maximum Gasteiger partial charge on any atom is 0.244 e. The van der Waals surface area contributed by atoms with Gasteiger partial charge in [0.15, 0.2) is 0 Å². The van der Waals surface area contributed by atoms with Gasteiger partial charge in [0.05, 0.1) is 0 Å². The predicted octanol–water partition coefficient (Wildman–Crippen LogP) is 1.65. The van der Waals surface area contributed by atoms with Gasteiger partial charge in [-0.2, -0.15) is 4.72 Å². The summed E-state index contributed by atoms with van der Waals surface area (Å²) in [7, 11) is -4.10. The van der Waals surface area contributed by atoms with Crippen LogP contribution in [0.2, 0.25) is 0 Å². The molecule has 1 aromatic carbocycles. The molecule has 0 fully saturated rings. The number of sulfonamides is 1. The van der Waals surface area contributed by atoms with Gasteiger partial charge < -0.3 is 5.32 Å². The molecule has 0 spiro atoms. The first kappa shape index (κ1) is 17.6. The molecule has 5 nitrogen and oxygen atoms in total. The van der Waals surface area contributed by atoms with Crippen molar-refractivity contribution in [3.63, 3.8) is 0 Å². The van der Waals surface area contributed by atoms with Crippen LogP contribution in [-0.4, -0.2) is 26.4 Å². The van der Waals surface area contributed by atoms with E-state index in [1.54, 1.807) is 27.7 Å². The summed E-state index contributed by atoms with van der Waals surface area (Å²) in [6, 6.07) is 3.98. The molecular weight excluding hydrogens is 295 g/mol. The number of hydrogen-bond donors (Lipinski definition) is 2. The van der Waals surface area contributed by atoms with Crippen molar-refractivity contribution in [1.29, 1.82) is 0 Å². The highest BCUT2D eigenvalue weighted by Gasteiger charge is 2.29. The molecule has 1 atom stereocenters. The fourth-order valence-corrected chi connectivity index (χ4v) is 3.18. The molecule has 0 heterocycles. The highest BCUT2D eigenvalue weighted by molar-refractivity contribution is 7.89. The molecule has 1 aromatic rings. The quantitative estimate of drug-likeness (QED) is 0.838. The minimum Gasteiger partial charge on any atom is -0.353 e. The Morgan fingerprint density at radius 3 is 2.19 bits per heavy atom. The van der Waals surface area contributed by atoms with Gasteiger partial charge in [0, 0.05) is 6.04 Å². The minimum absolute atomic E-state index is 0.114. The predicted molar refractivity (Wildman–Crippen MR) is 78.6 cm³/mol. The normalized spacial score (nSPS) is 13.5. The third-order valence-electron chi connectivity index (χ3n) is 2.79. The minimum atomic E-state index is -4.10. The molecule has 0 aliphatic rings. The first-order chi connectivity index (χ1) is 9.65. The van der Waals surface area contributed by atoms with Crippen LogP contribution in [0.15, 0.2) is 29.2 Å². The first-order valence-electron chi connectivity index (χ1n) is 6.72. The zero-order chi connectivity index (χ0) is 16.2. The smallest absolute Gasteiger partial charge is 0.244 e. The van der Waals surface area contributed by atoms with E-state index >= 15 is 0 Å².